The van der Waals surface area contributed by atoms with Crippen molar-refractivity contribution < 1.29 is 9.18 Å². The van der Waals surface area contributed by atoms with E-state index in [-0.39, 0.29) is 22.9 Å². The molecule has 0 radical (unpaired) electrons. The Balaban J connectivity index is 1.69. The van der Waals surface area contributed by atoms with Crippen LogP contribution < -0.4 is 5.56 Å². The molecule has 29 heavy (non-hydrogen) atoms. The van der Waals surface area contributed by atoms with Gasteiger partial charge in [0.1, 0.15) is 10.6 Å². The van der Waals surface area contributed by atoms with Gasteiger partial charge in [0.15, 0.2) is 10.9 Å². The molecule has 0 aliphatic heterocycles. The summed E-state index contributed by atoms with van der Waals surface area (Å²) in [5, 5.41) is 1.26. The summed E-state index contributed by atoms with van der Waals surface area (Å²) in [6, 6.07) is 5.49. The topological polar surface area (TPSA) is 52.0 Å². The smallest absolute Gasteiger partial charge is 0.263 e. The van der Waals surface area contributed by atoms with Gasteiger partial charge in [-0.25, -0.2) is 9.37 Å². The lowest BCUT2D eigenvalue weighted by molar-refractivity contribution is 0.102. The first-order valence-electron chi connectivity index (χ1n) is 9.66. The fraction of sp³-hybridized carbons (Fsp3) is 0.318. The first-order chi connectivity index (χ1) is 14.1. The quantitative estimate of drug-likeness (QED) is 0.182. The third-order valence-electron chi connectivity index (χ3n) is 5.10. The van der Waals surface area contributed by atoms with Gasteiger partial charge in [-0.1, -0.05) is 24.3 Å². The van der Waals surface area contributed by atoms with E-state index in [0.29, 0.717) is 17.3 Å². The number of nitrogens with zero attached hydrogens (tertiary/aromatic N) is 2. The highest BCUT2D eigenvalue weighted by molar-refractivity contribution is 7.99. The Morgan fingerprint density at radius 2 is 2.00 bits per heavy atom. The molecule has 4 rings (SSSR count). The molecular weight excluding hydrogens is 407 g/mol. The maximum atomic E-state index is 13.3. The van der Waals surface area contributed by atoms with E-state index in [4.69, 9.17) is 4.98 Å². The number of carbonyl (C=O) groups excluding carboxylic acids is 1. The van der Waals surface area contributed by atoms with Crippen molar-refractivity contribution in [2.24, 2.45) is 0 Å². The van der Waals surface area contributed by atoms with Crippen molar-refractivity contribution in [3.8, 4) is 0 Å². The van der Waals surface area contributed by atoms with Gasteiger partial charge in [-0.15, -0.1) is 17.9 Å². The molecule has 2 heterocycles. The molecule has 0 saturated carbocycles. The van der Waals surface area contributed by atoms with Crippen LogP contribution in [0.2, 0.25) is 0 Å². The number of Topliss-reactive ketones (excluding diaryl/α,β-unsaturated/α-hetero) is 1. The number of carbonyl (C=O) groups is 1. The van der Waals surface area contributed by atoms with Crippen molar-refractivity contribution in [1.29, 1.82) is 0 Å². The van der Waals surface area contributed by atoms with Crippen molar-refractivity contribution >= 4 is 39.1 Å². The van der Waals surface area contributed by atoms with E-state index in [0.717, 1.165) is 41.5 Å². The van der Waals surface area contributed by atoms with Crippen molar-refractivity contribution in [1.82, 2.24) is 9.55 Å². The maximum Gasteiger partial charge on any atom is 0.263 e. The summed E-state index contributed by atoms with van der Waals surface area (Å²) in [7, 11) is 0. The number of thioether (sulfide) groups is 1. The van der Waals surface area contributed by atoms with Gasteiger partial charge < -0.3 is 0 Å². The molecular formula is C22H21FN2O2S2. The number of thiophene rings is 1. The fourth-order valence-electron chi connectivity index (χ4n) is 3.65. The van der Waals surface area contributed by atoms with Crippen LogP contribution in [0, 0.1) is 5.82 Å². The van der Waals surface area contributed by atoms with Gasteiger partial charge in [0, 0.05) is 17.0 Å². The molecule has 0 N–H and O–H groups in total. The molecule has 3 aromatic rings. The highest BCUT2D eigenvalue weighted by Gasteiger charge is 2.21. The van der Waals surface area contributed by atoms with Crippen LogP contribution in [0.15, 0.2) is 46.9 Å². The van der Waals surface area contributed by atoms with Crippen LogP contribution in [-0.4, -0.2) is 21.1 Å². The number of hydrogen-bond acceptors (Lipinski definition) is 5. The molecule has 0 saturated heterocycles. The lowest BCUT2D eigenvalue weighted by Gasteiger charge is -2.10. The van der Waals surface area contributed by atoms with Gasteiger partial charge in [-0.2, -0.15) is 0 Å². The monoisotopic (exact) mass is 428 g/mol. The van der Waals surface area contributed by atoms with Gasteiger partial charge in [-0.3, -0.25) is 14.2 Å². The number of rotatable bonds is 6. The van der Waals surface area contributed by atoms with Crippen molar-refractivity contribution in [2.45, 2.75) is 43.8 Å². The first kappa shape index (κ1) is 20.0. The summed E-state index contributed by atoms with van der Waals surface area (Å²) in [5.41, 5.74) is 1.56. The van der Waals surface area contributed by atoms with E-state index in [1.165, 1.54) is 47.3 Å². The van der Waals surface area contributed by atoms with Gasteiger partial charge in [0.2, 0.25) is 0 Å². The lowest BCUT2D eigenvalue weighted by Crippen LogP contribution is -2.23. The average molecular weight is 429 g/mol. The number of aryl methyl sites for hydroxylation is 2. The van der Waals surface area contributed by atoms with Crippen molar-refractivity contribution in [3.63, 3.8) is 0 Å². The van der Waals surface area contributed by atoms with E-state index < -0.39 is 0 Å². The van der Waals surface area contributed by atoms with Crippen LogP contribution >= 0.6 is 23.1 Å². The van der Waals surface area contributed by atoms with E-state index in [9.17, 15) is 14.0 Å². The van der Waals surface area contributed by atoms with E-state index >= 15 is 0 Å². The number of fused-ring (bicyclic) bond motifs is 3. The second-order valence-electron chi connectivity index (χ2n) is 7.06. The van der Waals surface area contributed by atoms with Crippen LogP contribution in [0.25, 0.3) is 10.2 Å². The molecule has 2 aromatic heterocycles. The Morgan fingerprint density at radius 3 is 2.76 bits per heavy atom. The first-order valence-corrected chi connectivity index (χ1v) is 11.5. The highest BCUT2D eigenvalue weighted by Crippen LogP contribution is 2.34. The summed E-state index contributed by atoms with van der Waals surface area (Å²) in [5.74, 6) is -0.374. The Bertz CT molecular complexity index is 1130. The minimum absolute atomic E-state index is 0.0500. The van der Waals surface area contributed by atoms with Crippen LogP contribution in [0.5, 0.6) is 0 Å². The zero-order chi connectivity index (χ0) is 20.4. The van der Waals surface area contributed by atoms with Crippen LogP contribution in [0.1, 0.15) is 40.1 Å². The van der Waals surface area contributed by atoms with Gasteiger partial charge in [0.05, 0.1) is 11.1 Å². The molecule has 0 atom stereocenters. The van der Waals surface area contributed by atoms with Gasteiger partial charge in [0.25, 0.3) is 5.56 Å². The standard InChI is InChI=1S/C22H21FN2O2S2/c1-2-12-25-21(27)19-16-6-4-3-5-7-18(16)29-20(19)24-22(25)28-13-17(26)14-8-10-15(23)11-9-14/h2,8-11H,1,3-7,12-13H2. The van der Waals surface area contributed by atoms with Crippen molar-refractivity contribution in [3.05, 3.63) is 69.1 Å². The summed E-state index contributed by atoms with van der Waals surface area (Å²) in [4.78, 5) is 32.5. The minimum atomic E-state index is -0.376. The fourth-order valence-corrected chi connectivity index (χ4v) is 5.85. The van der Waals surface area contributed by atoms with E-state index in [2.05, 4.69) is 6.58 Å². The number of allylic oxidation sites excluding steroid dienone is 1. The Kier molecular flexibility index (Phi) is 5.96. The molecule has 1 aliphatic carbocycles. The molecule has 0 amide bonds. The normalized spacial score (nSPS) is 13.8. The molecule has 150 valence electrons. The molecule has 0 bridgehead atoms. The Morgan fingerprint density at radius 1 is 1.24 bits per heavy atom. The summed E-state index contributed by atoms with van der Waals surface area (Å²) < 4.78 is 14.7. The predicted octanol–water partition coefficient (Wildman–Crippen LogP) is 5.03. The van der Waals surface area contributed by atoms with Crippen LogP contribution in [0.4, 0.5) is 4.39 Å². The SMILES string of the molecule is C=CCn1c(SCC(=O)c2ccc(F)cc2)nc2sc3c(c2c1=O)CCCCC3. The lowest BCUT2D eigenvalue weighted by atomic mass is 10.1. The van der Waals surface area contributed by atoms with Gasteiger partial charge in [-0.05, 0) is 55.5 Å². The zero-order valence-corrected chi connectivity index (χ0v) is 17.6. The predicted molar refractivity (Wildman–Crippen MR) is 117 cm³/mol. The molecule has 0 spiro atoms. The van der Waals surface area contributed by atoms with Crippen LogP contribution in [0.3, 0.4) is 0 Å². The largest absolute Gasteiger partial charge is 0.293 e. The second kappa shape index (κ2) is 8.63. The summed E-state index contributed by atoms with van der Waals surface area (Å²) in [6.07, 6.45) is 7.04. The van der Waals surface area contributed by atoms with E-state index in [1.54, 1.807) is 22.0 Å². The molecule has 7 heteroatoms. The Labute approximate surface area is 176 Å². The van der Waals surface area contributed by atoms with Gasteiger partial charge >= 0.3 is 0 Å². The third kappa shape index (κ3) is 4.07. The molecule has 0 unspecified atom stereocenters. The number of ketones is 1. The number of hydrogen-bond donors (Lipinski definition) is 0. The third-order valence-corrected chi connectivity index (χ3v) is 7.26. The highest BCUT2D eigenvalue weighted by atomic mass is 32.2. The zero-order valence-electron chi connectivity index (χ0n) is 15.9. The minimum Gasteiger partial charge on any atom is -0.293 e. The number of halogens is 1. The molecule has 4 nitrogen and oxygen atoms in total. The second-order valence-corrected chi connectivity index (χ2v) is 9.09. The van der Waals surface area contributed by atoms with Crippen molar-refractivity contribution in [2.75, 3.05) is 5.75 Å². The summed E-state index contributed by atoms with van der Waals surface area (Å²) >= 11 is 2.85. The molecule has 1 aromatic carbocycles. The molecule has 1 aliphatic rings. The van der Waals surface area contributed by atoms with E-state index in [1.807, 2.05) is 0 Å². The number of benzene rings is 1. The van der Waals surface area contributed by atoms with Crippen LogP contribution in [-0.2, 0) is 19.4 Å². The maximum absolute atomic E-state index is 13.3. The number of aromatic nitrogens is 2. The molecule has 0 fully saturated rings. The summed E-state index contributed by atoms with van der Waals surface area (Å²) in [6.45, 7) is 4.11. The average Bonchev–Trinajstić information content (AvgIpc) is 2.90. The Hall–Kier alpha value is -2.25.